The van der Waals surface area contributed by atoms with Crippen molar-refractivity contribution in [3.63, 3.8) is 0 Å². The number of rotatable bonds is 7. The van der Waals surface area contributed by atoms with Crippen LogP contribution in [-0.2, 0) is 17.8 Å². The molecule has 0 amide bonds. The molecule has 0 radical (unpaired) electrons. The van der Waals surface area contributed by atoms with E-state index < -0.39 is 5.97 Å². The number of nitrogens with zero attached hydrogens (tertiary/aromatic N) is 3. The lowest BCUT2D eigenvalue weighted by Gasteiger charge is -2.10. The van der Waals surface area contributed by atoms with E-state index in [-0.39, 0.29) is 23.6 Å². The minimum Gasteiger partial charge on any atom is -0.452 e. The lowest BCUT2D eigenvalue weighted by Crippen LogP contribution is -2.27. The van der Waals surface area contributed by atoms with Crippen LogP contribution in [-0.4, -0.2) is 32.7 Å². The average Bonchev–Trinajstić information content (AvgIpc) is 3.01. The molecule has 3 aromatic rings. The molecule has 0 saturated heterocycles. The van der Waals surface area contributed by atoms with Gasteiger partial charge in [-0.3, -0.25) is 9.59 Å². The summed E-state index contributed by atoms with van der Waals surface area (Å²) in [6.45, 7) is 8.53. The topological polar surface area (TPSA) is 83.2 Å². The number of esters is 1. The Labute approximate surface area is 168 Å². The summed E-state index contributed by atoms with van der Waals surface area (Å²) in [4.78, 5) is 37.9. The molecule has 29 heavy (non-hydrogen) atoms. The van der Waals surface area contributed by atoms with Crippen molar-refractivity contribution in [1.29, 1.82) is 0 Å². The van der Waals surface area contributed by atoms with Gasteiger partial charge >= 0.3 is 5.97 Å². The van der Waals surface area contributed by atoms with Crippen molar-refractivity contribution in [2.45, 2.75) is 47.2 Å². The van der Waals surface area contributed by atoms with Gasteiger partial charge in [0, 0.05) is 35.4 Å². The third-order valence-electron chi connectivity index (χ3n) is 5.02. The standard InChI is InChI=1S/C22H25N3O4/c1-5-11-25-21(27)17-10-8-7-9-16(17)20(23-25)22(28)29-13-19(26)18-12-14(3)24(6-2)15(18)4/h7-10,12H,5-6,11,13H2,1-4H3. The van der Waals surface area contributed by atoms with Crippen LogP contribution in [0, 0.1) is 13.8 Å². The third kappa shape index (κ3) is 3.85. The highest BCUT2D eigenvalue weighted by molar-refractivity contribution is 6.04. The maximum atomic E-state index is 12.7. The first-order valence-electron chi connectivity index (χ1n) is 9.75. The second-order valence-electron chi connectivity index (χ2n) is 6.95. The smallest absolute Gasteiger partial charge is 0.359 e. The number of aryl methyl sites for hydroxylation is 2. The molecule has 7 heteroatoms. The Kier molecular flexibility index (Phi) is 5.96. The number of hydrogen-bond acceptors (Lipinski definition) is 5. The van der Waals surface area contributed by atoms with Gasteiger partial charge < -0.3 is 9.30 Å². The van der Waals surface area contributed by atoms with Gasteiger partial charge in [-0.2, -0.15) is 5.10 Å². The summed E-state index contributed by atoms with van der Waals surface area (Å²) in [6, 6.07) is 8.60. The molecule has 0 aliphatic heterocycles. The second kappa shape index (κ2) is 8.43. The largest absolute Gasteiger partial charge is 0.452 e. The molecule has 0 fully saturated rings. The zero-order valence-electron chi connectivity index (χ0n) is 17.2. The number of aromatic nitrogens is 3. The fraction of sp³-hybridized carbons (Fsp3) is 0.364. The molecule has 1 aromatic carbocycles. The van der Waals surface area contributed by atoms with E-state index in [1.807, 2.05) is 38.3 Å². The first-order valence-corrected chi connectivity index (χ1v) is 9.75. The Balaban J connectivity index is 1.88. The van der Waals surface area contributed by atoms with Crippen molar-refractivity contribution in [2.24, 2.45) is 0 Å². The number of carbonyl (C=O) groups is 2. The molecule has 3 rings (SSSR count). The number of carbonyl (C=O) groups excluding carboxylic acids is 2. The highest BCUT2D eigenvalue weighted by Gasteiger charge is 2.21. The molecule has 152 valence electrons. The maximum absolute atomic E-state index is 12.7. The number of Topliss-reactive ketones (excluding diaryl/α,β-unsaturated/α-hetero) is 1. The Morgan fingerprint density at radius 2 is 1.79 bits per heavy atom. The van der Waals surface area contributed by atoms with Gasteiger partial charge in [0.2, 0.25) is 5.78 Å². The Hall–Kier alpha value is -3.22. The number of benzene rings is 1. The van der Waals surface area contributed by atoms with Crippen molar-refractivity contribution < 1.29 is 14.3 Å². The van der Waals surface area contributed by atoms with Crippen LogP contribution in [0.2, 0.25) is 0 Å². The van der Waals surface area contributed by atoms with E-state index in [4.69, 9.17) is 4.74 Å². The normalized spacial score (nSPS) is 11.0. The van der Waals surface area contributed by atoms with Crippen molar-refractivity contribution in [1.82, 2.24) is 14.3 Å². The summed E-state index contributed by atoms with van der Waals surface area (Å²) in [5.41, 5.74) is 2.18. The number of ether oxygens (including phenoxy) is 1. The molecule has 2 aromatic heterocycles. The van der Waals surface area contributed by atoms with Crippen LogP contribution in [0.5, 0.6) is 0 Å². The van der Waals surface area contributed by atoms with E-state index in [1.54, 1.807) is 24.3 Å². The van der Waals surface area contributed by atoms with E-state index in [0.717, 1.165) is 17.9 Å². The van der Waals surface area contributed by atoms with E-state index in [9.17, 15) is 14.4 Å². The van der Waals surface area contributed by atoms with Crippen molar-refractivity contribution in [3.8, 4) is 0 Å². The predicted octanol–water partition coefficient (Wildman–Crippen LogP) is 3.28. The second-order valence-corrected chi connectivity index (χ2v) is 6.95. The zero-order chi connectivity index (χ0) is 21.1. The van der Waals surface area contributed by atoms with Crippen LogP contribution < -0.4 is 5.56 Å². The summed E-state index contributed by atoms with van der Waals surface area (Å²) in [7, 11) is 0. The number of hydrogen-bond donors (Lipinski definition) is 0. The molecule has 2 heterocycles. The first kappa shape index (κ1) is 20.5. The highest BCUT2D eigenvalue weighted by Crippen LogP contribution is 2.17. The van der Waals surface area contributed by atoms with Gasteiger partial charge in [-0.25, -0.2) is 9.48 Å². The summed E-state index contributed by atoms with van der Waals surface area (Å²) >= 11 is 0. The third-order valence-corrected chi connectivity index (χ3v) is 5.02. The predicted molar refractivity (Wildman–Crippen MR) is 110 cm³/mol. The van der Waals surface area contributed by atoms with Crippen molar-refractivity contribution in [3.05, 3.63) is 63.3 Å². The van der Waals surface area contributed by atoms with Crippen molar-refractivity contribution >= 4 is 22.5 Å². The lowest BCUT2D eigenvalue weighted by atomic mass is 10.1. The van der Waals surface area contributed by atoms with Crippen LogP contribution >= 0.6 is 0 Å². The SMILES string of the molecule is CCCn1nc(C(=O)OCC(=O)c2cc(C)n(CC)c2C)c2ccccc2c1=O. The van der Waals surface area contributed by atoms with E-state index in [0.29, 0.717) is 29.3 Å². The van der Waals surface area contributed by atoms with Gasteiger partial charge in [0.1, 0.15) is 0 Å². The molecular weight excluding hydrogens is 370 g/mol. The molecule has 0 spiro atoms. The lowest BCUT2D eigenvalue weighted by molar-refractivity contribution is 0.0468. The van der Waals surface area contributed by atoms with Gasteiger partial charge in [0.05, 0.1) is 5.39 Å². The molecule has 0 unspecified atom stereocenters. The molecule has 7 nitrogen and oxygen atoms in total. The number of fused-ring (bicyclic) bond motifs is 1. The summed E-state index contributed by atoms with van der Waals surface area (Å²) in [5.74, 6) is -0.985. The van der Waals surface area contributed by atoms with E-state index >= 15 is 0 Å². The van der Waals surface area contributed by atoms with Crippen LogP contribution in [0.15, 0.2) is 35.1 Å². The molecular formula is C22H25N3O4. The van der Waals surface area contributed by atoms with Crippen LogP contribution in [0.3, 0.4) is 0 Å². The minimum atomic E-state index is -0.719. The maximum Gasteiger partial charge on any atom is 0.359 e. The first-order chi connectivity index (χ1) is 13.9. The summed E-state index contributed by atoms with van der Waals surface area (Å²) < 4.78 is 8.59. The van der Waals surface area contributed by atoms with Gasteiger partial charge in [0.15, 0.2) is 12.3 Å². The molecule has 0 atom stereocenters. The van der Waals surface area contributed by atoms with Crippen LogP contribution in [0.25, 0.3) is 10.8 Å². The van der Waals surface area contributed by atoms with E-state index in [1.165, 1.54) is 4.68 Å². The Morgan fingerprint density at radius 1 is 1.10 bits per heavy atom. The Bertz CT molecular complexity index is 1140. The van der Waals surface area contributed by atoms with Crippen LogP contribution in [0.1, 0.15) is 52.5 Å². The average molecular weight is 395 g/mol. The molecule has 0 aliphatic rings. The van der Waals surface area contributed by atoms with Gasteiger partial charge in [-0.05, 0) is 39.3 Å². The zero-order valence-corrected chi connectivity index (χ0v) is 17.2. The molecule has 0 saturated carbocycles. The summed E-state index contributed by atoms with van der Waals surface area (Å²) in [5, 5.41) is 5.03. The fourth-order valence-electron chi connectivity index (χ4n) is 3.60. The minimum absolute atomic E-state index is 0.0421. The van der Waals surface area contributed by atoms with E-state index in [2.05, 4.69) is 5.10 Å². The monoisotopic (exact) mass is 395 g/mol. The van der Waals surface area contributed by atoms with Gasteiger partial charge in [0.25, 0.3) is 5.56 Å². The number of ketones is 1. The molecule has 0 N–H and O–H groups in total. The Morgan fingerprint density at radius 3 is 2.41 bits per heavy atom. The van der Waals surface area contributed by atoms with Crippen LogP contribution in [0.4, 0.5) is 0 Å². The fourth-order valence-corrected chi connectivity index (χ4v) is 3.60. The highest BCUT2D eigenvalue weighted by atomic mass is 16.5. The summed E-state index contributed by atoms with van der Waals surface area (Å²) in [6.07, 6.45) is 0.700. The van der Waals surface area contributed by atoms with Gasteiger partial charge in [-0.15, -0.1) is 0 Å². The van der Waals surface area contributed by atoms with Crippen molar-refractivity contribution in [2.75, 3.05) is 6.61 Å². The molecule has 0 bridgehead atoms. The quantitative estimate of drug-likeness (QED) is 0.453. The molecule has 0 aliphatic carbocycles. The van der Waals surface area contributed by atoms with Gasteiger partial charge in [-0.1, -0.05) is 25.1 Å².